The largest absolute Gasteiger partial charge is 0.472 e. The van der Waals surface area contributed by atoms with Crippen molar-refractivity contribution in [2.45, 2.75) is 12.0 Å². The summed E-state index contributed by atoms with van der Waals surface area (Å²) in [6.45, 7) is 0.399. The molecule has 3 N–H and O–H groups in total. The van der Waals surface area contributed by atoms with Crippen LogP contribution < -0.4 is 5.73 Å². The van der Waals surface area contributed by atoms with Gasteiger partial charge in [0, 0.05) is 18.0 Å². The lowest BCUT2D eigenvalue weighted by Gasteiger charge is -2.20. The number of nitrogens with two attached hydrogens (primary N) is 1. The first kappa shape index (κ1) is 10.9. The van der Waals surface area contributed by atoms with Crippen LogP contribution in [0.2, 0.25) is 0 Å². The molecule has 2 atom stereocenters. The minimum atomic E-state index is -0.619. The van der Waals surface area contributed by atoms with Crippen molar-refractivity contribution in [3.63, 3.8) is 0 Å². The predicted molar refractivity (Wildman–Crippen MR) is 61.9 cm³/mol. The molecule has 84 valence electrons. The van der Waals surface area contributed by atoms with E-state index in [0.29, 0.717) is 6.54 Å². The third kappa shape index (κ3) is 2.15. The lowest BCUT2D eigenvalue weighted by Crippen LogP contribution is -2.19. The molecule has 2 rings (SSSR count). The molecule has 16 heavy (non-hydrogen) atoms. The quantitative estimate of drug-likeness (QED) is 0.824. The predicted octanol–water partition coefficient (Wildman–Crippen LogP) is 2.06. The Balaban J connectivity index is 2.23. The lowest BCUT2D eigenvalue weighted by molar-refractivity contribution is 0.146. The molecule has 0 saturated heterocycles. The van der Waals surface area contributed by atoms with E-state index in [0.717, 1.165) is 11.1 Å². The molecule has 0 fully saturated rings. The van der Waals surface area contributed by atoms with Gasteiger partial charge in [0.15, 0.2) is 0 Å². The van der Waals surface area contributed by atoms with E-state index >= 15 is 0 Å². The van der Waals surface area contributed by atoms with Crippen LogP contribution >= 0.6 is 0 Å². The molecule has 1 heterocycles. The molecule has 0 aliphatic heterocycles. The molecule has 0 amide bonds. The molecule has 0 bridgehead atoms. The zero-order valence-corrected chi connectivity index (χ0v) is 8.91. The highest BCUT2D eigenvalue weighted by Gasteiger charge is 2.21. The van der Waals surface area contributed by atoms with Crippen LogP contribution in [0.3, 0.4) is 0 Å². The minimum absolute atomic E-state index is 0.0983. The molecule has 0 spiro atoms. The summed E-state index contributed by atoms with van der Waals surface area (Å²) in [6, 6.07) is 11.5. The molecule has 3 heteroatoms. The SMILES string of the molecule is NCC(c1ccccc1)C(O)c1ccoc1. The first-order valence-corrected chi connectivity index (χ1v) is 5.28. The molecule has 0 saturated carbocycles. The van der Waals surface area contributed by atoms with Crippen LogP contribution in [0.25, 0.3) is 0 Å². The second kappa shape index (κ2) is 4.96. The van der Waals surface area contributed by atoms with Gasteiger partial charge in [0.25, 0.3) is 0 Å². The highest BCUT2D eigenvalue weighted by Crippen LogP contribution is 2.29. The van der Waals surface area contributed by atoms with E-state index in [-0.39, 0.29) is 5.92 Å². The number of hydrogen-bond donors (Lipinski definition) is 2. The second-order valence-electron chi connectivity index (χ2n) is 3.75. The van der Waals surface area contributed by atoms with Crippen LogP contribution in [-0.4, -0.2) is 11.7 Å². The normalized spacial score (nSPS) is 14.6. The topological polar surface area (TPSA) is 59.4 Å². The first-order valence-electron chi connectivity index (χ1n) is 5.28. The van der Waals surface area contributed by atoms with Crippen LogP contribution in [0.5, 0.6) is 0 Å². The maximum absolute atomic E-state index is 10.2. The second-order valence-corrected chi connectivity index (χ2v) is 3.75. The molecule has 3 nitrogen and oxygen atoms in total. The fourth-order valence-electron chi connectivity index (χ4n) is 1.82. The van der Waals surface area contributed by atoms with Gasteiger partial charge in [-0.15, -0.1) is 0 Å². The number of hydrogen-bond acceptors (Lipinski definition) is 3. The van der Waals surface area contributed by atoms with Crippen molar-refractivity contribution in [1.82, 2.24) is 0 Å². The van der Waals surface area contributed by atoms with Gasteiger partial charge in [-0.05, 0) is 11.6 Å². The van der Waals surface area contributed by atoms with Crippen molar-refractivity contribution in [3.05, 3.63) is 60.1 Å². The van der Waals surface area contributed by atoms with Gasteiger partial charge in [-0.1, -0.05) is 30.3 Å². The van der Waals surface area contributed by atoms with E-state index in [4.69, 9.17) is 10.2 Å². The Kier molecular flexibility index (Phi) is 3.39. The minimum Gasteiger partial charge on any atom is -0.472 e. The number of aliphatic hydroxyl groups is 1. The van der Waals surface area contributed by atoms with Gasteiger partial charge in [0.2, 0.25) is 0 Å². The zero-order valence-electron chi connectivity index (χ0n) is 8.91. The van der Waals surface area contributed by atoms with Crippen LogP contribution in [0.15, 0.2) is 53.3 Å². The summed E-state index contributed by atoms with van der Waals surface area (Å²) >= 11 is 0. The molecule has 0 aliphatic rings. The molecule has 1 aromatic carbocycles. The maximum atomic E-state index is 10.2. The average Bonchev–Trinajstić information content (AvgIpc) is 2.85. The van der Waals surface area contributed by atoms with Crippen LogP contribution in [0.1, 0.15) is 23.1 Å². The molecular weight excluding hydrogens is 202 g/mol. The average molecular weight is 217 g/mol. The Labute approximate surface area is 94.5 Å². The number of benzene rings is 1. The summed E-state index contributed by atoms with van der Waals surface area (Å²) in [5.41, 5.74) is 7.52. The summed E-state index contributed by atoms with van der Waals surface area (Å²) in [6.07, 6.45) is 2.49. The highest BCUT2D eigenvalue weighted by atomic mass is 16.3. The van der Waals surface area contributed by atoms with Gasteiger partial charge < -0.3 is 15.3 Å². The van der Waals surface area contributed by atoms with E-state index in [1.54, 1.807) is 18.6 Å². The summed E-state index contributed by atoms with van der Waals surface area (Å²) < 4.78 is 4.97. The van der Waals surface area contributed by atoms with E-state index in [1.807, 2.05) is 30.3 Å². The van der Waals surface area contributed by atoms with E-state index in [1.165, 1.54) is 0 Å². The van der Waals surface area contributed by atoms with Gasteiger partial charge in [-0.3, -0.25) is 0 Å². The summed E-state index contributed by atoms with van der Waals surface area (Å²) in [5, 5.41) is 10.2. The van der Waals surface area contributed by atoms with Gasteiger partial charge in [0.05, 0.1) is 18.6 Å². The molecule has 2 unspecified atom stereocenters. The lowest BCUT2D eigenvalue weighted by atomic mass is 9.90. The Morgan fingerprint density at radius 2 is 1.88 bits per heavy atom. The van der Waals surface area contributed by atoms with E-state index in [2.05, 4.69) is 0 Å². The van der Waals surface area contributed by atoms with Crippen molar-refractivity contribution in [3.8, 4) is 0 Å². The fraction of sp³-hybridized carbons (Fsp3) is 0.231. The fourth-order valence-corrected chi connectivity index (χ4v) is 1.82. The Morgan fingerprint density at radius 1 is 1.12 bits per heavy atom. The van der Waals surface area contributed by atoms with E-state index in [9.17, 15) is 5.11 Å². The molecular formula is C13H15NO2. The Morgan fingerprint density at radius 3 is 2.44 bits per heavy atom. The van der Waals surface area contributed by atoms with Crippen molar-refractivity contribution in [2.24, 2.45) is 5.73 Å². The van der Waals surface area contributed by atoms with Gasteiger partial charge >= 0.3 is 0 Å². The summed E-state index contributed by atoms with van der Waals surface area (Å²) in [4.78, 5) is 0. The standard InChI is InChI=1S/C13H15NO2/c14-8-12(10-4-2-1-3-5-10)13(15)11-6-7-16-9-11/h1-7,9,12-13,15H,8,14H2. The Hall–Kier alpha value is -1.58. The first-order chi connectivity index (χ1) is 7.83. The van der Waals surface area contributed by atoms with Crippen LogP contribution in [0, 0.1) is 0 Å². The van der Waals surface area contributed by atoms with Crippen molar-refractivity contribution >= 4 is 0 Å². The number of rotatable bonds is 4. The van der Waals surface area contributed by atoms with Crippen molar-refractivity contribution in [1.29, 1.82) is 0 Å². The van der Waals surface area contributed by atoms with Crippen molar-refractivity contribution < 1.29 is 9.52 Å². The molecule has 0 aliphatic carbocycles. The summed E-state index contributed by atoms with van der Waals surface area (Å²) in [7, 11) is 0. The third-order valence-electron chi connectivity index (χ3n) is 2.75. The number of aliphatic hydroxyl groups excluding tert-OH is 1. The molecule has 2 aromatic rings. The van der Waals surface area contributed by atoms with Crippen LogP contribution in [0.4, 0.5) is 0 Å². The van der Waals surface area contributed by atoms with Crippen molar-refractivity contribution in [2.75, 3.05) is 6.54 Å². The monoisotopic (exact) mass is 217 g/mol. The third-order valence-corrected chi connectivity index (χ3v) is 2.75. The summed E-state index contributed by atoms with van der Waals surface area (Å²) in [5.74, 6) is -0.0983. The smallest absolute Gasteiger partial charge is 0.0960 e. The molecule has 1 aromatic heterocycles. The maximum Gasteiger partial charge on any atom is 0.0960 e. The Bertz CT molecular complexity index is 411. The number of furan rings is 1. The zero-order chi connectivity index (χ0) is 11.4. The highest BCUT2D eigenvalue weighted by molar-refractivity contribution is 5.25. The van der Waals surface area contributed by atoms with E-state index < -0.39 is 6.10 Å². The van der Waals surface area contributed by atoms with Gasteiger partial charge in [-0.2, -0.15) is 0 Å². The van der Waals surface area contributed by atoms with Gasteiger partial charge in [-0.25, -0.2) is 0 Å². The van der Waals surface area contributed by atoms with Crippen LogP contribution in [-0.2, 0) is 0 Å². The molecule has 0 radical (unpaired) electrons. The van der Waals surface area contributed by atoms with Gasteiger partial charge in [0.1, 0.15) is 0 Å².